The van der Waals surface area contributed by atoms with Crippen molar-refractivity contribution in [3.05, 3.63) is 39.3 Å². The van der Waals surface area contributed by atoms with Crippen LogP contribution >= 0.6 is 34.5 Å². The summed E-state index contributed by atoms with van der Waals surface area (Å²) in [5.74, 6) is 0. The van der Waals surface area contributed by atoms with Gasteiger partial charge in [-0.1, -0.05) is 36.2 Å². The minimum atomic E-state index is 0.271. The molecule has 0 bridgehead atoms. The van der Waals surface area contributed by atoms with Gasteiger partial charge in [0.2, 0.25) is 0 Å². The maximum atomic E-state index is 6.03. The summed E-state index contributed by atoms with van der Waals surface area (Å²) in [4.78, 5) is 4.66. The Morgan fingerprint density at radius 3 is 2.79 bits per heavy atom. The highest BCUT2D eigenvalue weighted by Gasteiger charge is 2.11. The standard InChI is InChI=1S/C14H16Cl2N2S/c1-3-6-17-9(2)13-8-19-14(18-13)10-4-5-11(15)12(16)7-10/h4-5,7-9,17H,3,6H2,1-2H3. The molecule has 0 fully saturated rings. The number of rotatable bonds is 5. The van der Waals surface area contributed by atoms with Gasteiger partial charge < -0.3 is 5.32 Å². The van der Waals surface area contributed by atoms with E-state index < -0.39 is 0 Å². The van der Waals surface area contributed by atoms with E-state index in [9.17, 15) is 0 Å². The van der Waals surface area contributed by atoms with Crippen LogP contribution in [0, 0.1) is 0 Å². The number of thiazole rings is 1. The first-order chi connectivity index (χ1) is 9.11. The Bertz CT molecular complexity index is 554. The van der Waals surface area contributed by atoms with Gasteiger partial charge in [-0.3, -0.25) is 0 Å². The zero-order chi connectivity index (χ0) is 13.8. The molecular formula is C14H16Cl2N2S. The van der Waals surface area contributed by atoms with Crippen LogP contribution < -0.4 is 5.32 Å². The van der Waals surface area contributed by atoms with Crippen LogP contribution in [0.1, 0.15) is 32.0 Å². The highest BCUT2D eigenvalue weighted by atomic mass is 35.5. The normalized spacial score (nSPS) is 12.6. The van der Waals surface area contributed by atoms with Gasteiger partial charge in [-0.25, -0.2) is 4.98 Å². The SMILES string of the molecule is CCCNC(C)c1csc(-c2ccc(Cl)c(Cl)c2)n1. The van der Waals surface area contributed by atoms with Crippen LogP contribution in [0.15, 0.2) is 23.6 Å². The fourth-order valence-electron chi connectivity index (χ4n) is 1.71. The quantitative estimate of drug-likeness (QED) is 0.822. The van der Waals surface area contributed by atoms with Crippen LogP contribution in [0.2, 0.25) is 10.0 Å². The Morgan fingerprint density at radius 1 is 1.32 bits per heavy atom. The number of hydrogen-bond donors (Lipinski definition) is 1. The van der Waals surface area contributed by atoms with Gasteiger partial charge in [0, 0.05) is 17.0 Å². The van der Waals surface area contributed by atoms with Crippen LogP contribution in [0.25, 0.3) is 10.6 Å². The second-order valence-electron chi connectivity index (χ2n) is 4.38. The Hall–Kier alpha value is -0.610. The molecule has 0 radical (unpaired) electrons. The molecule has 0 aliphatic rings. The molecule has 0 aliphatic carbocycles. The highest BCUT2D eigenvalue weighted by molar-refractivity contribution is 7.13. The van der Waals surface area contributed by atoms with Crippen LogP contribution in [-0.2, 0) is 0 Å². The van der Waals surface area contributed by atoms with Crippen molar-refractivity contribution in [1.29, 1.82) is 0 Å². The third kappa shape index (κ3) is 3.69. The summed E-state index contributed by atoms with van der Waals surface area (Å²) < 4.78 is 0. The molecule has 0 aliphatic heterocycles. The van der Waals surface area contributed by atoms with Crippen LogP contribution in [0.3, 0.4) is 0 Å². The maximum Gasteiger partial charge on any atom is 0.123 e. The number of halogens is 2. The van der Waals surface area contributed by atoms with Crippen LogP contribution in [0.4, 0.5) is 0 Å². The monoisotopic (exact) mass is 314 g/mol. The largest absolute Gasteiger partial charge is 0.309 e. The highest BCUT2D eigenvalue weighted by Crippen LogP contribution is 2.31. The molecule has 1 unspecified atom stereocenters. The Balaban J connectivity index is 2.18. The van der Waals surface area contributed by atoms with E-state index in [1.54, 1.807) is 17.4 Å². The maximum absolute atomic E-state index is 6.03. The first-order valence-electron chi connectivity index (χ1n) is 6.26. The molecule has 1 atom stereocenters. The molecule has 5 heteroatoms. The van der Waals surface area contributed by atoms with Gasteiger partial charge in [0.15, 0.2) is 0 Å². The van der Waals surface area contributed by atoms with E-state index in [2.05, 4.69) is 29.5 Å². The summed E-state index contributed by atoms with van der Waals surface area (Å²) in [6.07, 6.45) is 1.12. The molecule has 1 N–H and O–H groups in total. The molecule has 2 rings (SSSR count). The van der Waals surface area contributed by atoms with Crippen molar-refractivity contribution in [2.45, 2.75) is 26.3 Å². The Morgan fingerprint density at radius 2 is 2.11 bits per heavy atom. The van der Waals surface area contributed by atoms with Gasteiger partial charge >= 0.3 is 0 Å². The van der Waals surface area contributed by atoms with Gasteiger partial charge in [-0.05, 0) is 32.0 Å². The van der Waals surface area contributed by atoms with Gasteiger partial charge in [0.25, 0.3) is 0 Å². The summed E-state index contributed by atoms with van der Waals surface area (Å²) in [6, 6.07) is 5.88. The fraction of sp³-hybridized carbons (Fsp3) is 0.357. The topological polar surface area (TPSA) is 24.9 Å². The van der Waals surface area contributed by atoms with Crippen molar-refractivity contribution in [1.82, 2.24) is 10.3 Å². The van der Waals surface area contributed by atoms with Gasteiger partial charge in [-0.2, -0.15) is 0 Å². The molecule has 1 aromatic heterocycles. The minimum Gasteiger partial charge on any atom is -0.309 e. The smallest absolute Gasteiger partial charge is 0.123 e. The van der Waals surface area contributed by atoms with E-state index in [1.165, 1.54) is 0 Å². The third-order valence-electron chi connectivity index (χ3n) is 2.83. The molecule has 0 amide bonds. The molecule has 102 valence electrons. The lowest BCUT2D eigenvalue weighted by Gasteiger charge is -2.09. The summed E-state index contributed by atoms with van der Waals surface area (Å²) in [5, 5.41) is 7.62. The lowest BCUT2D eigenvalue weighted by molar-refractivity contribution is 0.561. The van der Waals surface area contributed by atoms with E-state index in [4.69, 9.17) is 23.2 Å². The summed E-state index contributed by atoms with van der Waals surface area (Å²) in [5.41, 5.74) is 2.08. The second-order valence-corrected chi connectivity index (χ2v) is 6.05. The molecule has 1 aromatic carbocycles. The number of aromatic nitrogens is 1. The predicted molar refractivity (Wildman–Crippen MR) is 84.3 cm³/mol. The van der Waals surface area contributed by atoms with E-state index >= 15 is 0 Å². The summed E-state index contributed by atoms with van der Waals surface area (Å²) >= 11 is 13.6. The van der Waals surface area contributed by atoms with Crippen molar-refractivity contribution in [3.63, 3.8) is 0 Å². The lowest BCUT2D eigenvalue weighted by atomic mass is 10.2. The molecule has 0 saturated heterocycles. The fourth-order valence-corrected chi connectivity index (χ4v) is 2.92. The first-order valence-corrected chi connectivity index (χ1v) is 7.89. The Kier molecular flexibility index (Phi) is 5.22. The first kappa shape index (κ1) is 14.8. The predicted octanol–water partition coefficient (Wildman–Crippen LogP) is 5.18. The molecule has 19 heavy (non-hydrogen) atoms. The van der Waals surface area contributed by atoms with Crippen LogP contribution in [0.5, 0.6) is 0 Å². The van der Waals surface area contributed by atoms with Gasteiger partial charge in [0.1, 0.15) is 5.01 Å². The zero-order valence-corrected chi connectivity index (χ0v) is 13.2. The average molecular weight is 315 g/mol. The summed E-state index contributed by atoms with van der Waals surface area (Å²) in [6.45, 7) is 5.28. The van der Waals surface area contributed by atoms with Crippen molar-refractivity contribution in [2.75, 3.05) is 6.54 Å². The summed E-state index contributed by atoms with van der Waals surface area (Å²) in [7, 11) is 0. The molecular weight excluding hydrogens is 299 g/mol. The van der Waals surface area contributed by atoms with Crippen molar-refractivity contribution in [2.24, 2.45) is 0 Å². The van der Waals surface area contributed by atoms with Crippen LogP contribution in [-0.4, -0.2) is 11.5 Å². The molecule has 1 heterocycles. The number of hydrogen-bond acceptors (Lipinski definition) is 3. The third-order valence-corrected chi connectivity index (χ3v) is 4.48. The minimum absolute atomic E-state index is 0.271. The van der Waals surface area contributed by atoms with E-state index in [0.717, 1.165) is 29.2 Å². The number of nitrogens with zero attached hydrogens (tertiary/aromatic N) is 1. The number of nitrogens with one attached hydrogen (secondary N) is 1. The van der Waals surface area contributed by atoms with E-state index in [1.807, 2.05) is 12.1 Å². The lowest BCUT2D eigenvalue weighted by Crippen LogP contribution is -2.19. The Labute approximate surface area is 127 Å². The van der Waals surface area contributed by atoms with Crippen molar-refractivity contribution in [3.8, 4) is 10.6 Å². The van der Waals surface area contributed by atoms with E-state index in [0.29, 0.717) is 10.0 Å². The van der Waals surface area contributed by atoms with Gasteiger partial charge in [0.05, 0.1) is 15.7 Å². The second kappa shape index (κ2) is 6.71. The van der Waals surface area contributed by atoms with Gasteiger partial charge in [-0.15, -0.1) is 11.3 Å². The average Bonchev–Trinajstić information content (AvgIpc) is 2.89. The molecule has 0 saturated carbocycles. The number of benzene rings is 1. The van der Waals surface area contributed by atoms with E-state index in [-0.39, 0.29) is 6.04 Å². The molecule has 0 spiro atoms. The molecule has 2 aromatic rings. The zero-order valence-electron chi connectivity index (χ0n) is 10.9. The van der Waals surface area contributed by atoms with Crippen molar-refractivity contribution < 1.29 is 0 Å². The van der Waals surface area contributed by atoms with Crippen molar-refractivity contribution >= 4 is 34.5 Å². The molecule has 2 nitrogen and oxygen atoms in total.